The molecule has 5 nitrogen and oxygen atoms in total. The third-order valence-electron chi connectivity index (χ3n) is 4.14. The molecular formula is C22H23F2N3O2. The SMILES string of the molecule is CC(C)CNC(=O)c1cn(Cc2cccc(F)c2)nc1OCc1cccc(F)c1. The third-order valence-corrected chi connectivity index (χ3v) is 4.14. The largest absolute Gasteiger partial charge is 0.471 e. The number of amides is 1. The fraction of sp³-hybridized carbons (Fsp3) is 0.273. The summed E-state index contributed by atoms with van der Waals surface area (Å²) in [6, 6.07) is 12.2. The van der Waals surface area contributed by atoms with Gasteiger partial charge in [-0.1, -0.05) is 38.1 Å². The van der Waals surface area contributed by atoms with E-state index in [-0.39, 0.29) is 48.1 Å². The lowest BCUT2D eigenvalue weighted by molar-refractivity contribution is 0.0944. The Balaban J connectivity index is 1.81. The van der Waals surface area contributed by atoms with Crippen molar-refractivity contribution in [2.75, 3.05) is 6.54 Å². The van der Waals surface area contributed by atoms with Crippen LogP contribution in [0.2, 0.25) is 0 Å². The molecule has 0 aliphatic rings. The lowest BCUT2D eigenvalue weighted by atomic mass is 10.2. The Hall–Kier alpha value is -3.22. The number of nitrogens with one attached hydrogen (secondary N) is 1. The fourth-order valence-corrected chi connectivity index (χ4v) is 2.74. The van der Waals surface area contributed by atoms with Gasteiger partial charge >= 0.3 is 0 Å². The van der Waals surface area contributed by atoms with E-state index in [1.165, 1.54) is 28.9 Å². The summed E-state index contributed by atoms with van der Waals surface area (Å²) in [5, 5.41) is 7.18. The van der Waals surface area contributed by atoms with Gasteiger partial charge in [-0.3, -0.25) is 9.48 Å². The Morgan fingerprint density at radius 1 is 1.10 bits per heavy atom. The van der Waals surface area contributed by atoms with Crippen LogP contribution in [0.25, 0.3) is 0 Å². The molecule has 1 N–H and O–H groups in total. The summed E-state index contributed by atoms with van der Waals surface area (Å²) in [7, 11) is 0. The van der Waals surface area contributed by atoms with Crippen molar-refractivity contribution < 1.29 is 18.3 Å². The Labute approximate surface area is 168 Å². The molecule has 0 fully saturated rings. The minimum absolute atomic E-state index is 0.0686. The van der Waals surface area contributed by atoms with Crippen LogP contribution in [0.4, 0.5) is 8.78 Å². The first-order valence-corrected chi connectivity index (χ1v) is 9.38. The second-order valence-corrected chi connectivity index (χ2v) is 7.20. The van der Waals surface area contributed by atoms with Crippen LogP contribution in [0.15, 0.2) is 54.7 Å². The van der Waals surface area contributed by atoms with Crippen molar-refractivity contribution in [2.24, 2.45) is 5.92 Å². The zero-order valence-corrected chi connectivity index (χ0v) is 16.4. The quantitative estimate of drug-likeness (QED) is 0.618. The van der Waals surface area contributed by atoms with E-state index in [0.29, 0.717) is 17.7 Å². The monoisotopic (exact) mass is 399 g/mol. The van der Waals surface area contributed by atoms with E-state index in [1.807, 2.05) is 13.8 Å². The molecule has 0 spiro atoms. The smallest absolute Gasteiger partial charge is 0.258 e. The molecule has 3 aromatic rings. The van der Waals surface area contributed by atoms with Gasteiger partial charge in [0.15, 0.2) is 0 Å². The number of benzene rings is 2. The van der Waals surface area contributed by atoms with Crippen LogP contribution in [-0.2, 0) is 13.2 Å². The number of hydrogen-bond donors (Lipinski definition) is 1. The van der Waals surface area contributed by atoms with Gasteiger partial charge in [-0.2, -0.15) is 0 Å². The molecule has 0 radical (unpaired) electrons. The Bertz CT molecular complexity index is 986. The molecule has 7 heteroatoms. The van der Waals surface area contributed by atoms with Gasteiger partial charge < -0.3 is 10.1 Å². The molecule has 29 heavy (non-hydrogen) atoms. The van der Waals surface area contributed by atoms with Gasteiger partial charge in [0.05, 0.1) is 6.54 Å². The highest BCUT2D eigenvalue weighted by atomic mass is 19.1. The summed E-state index contributed by atoms with van der Waals surface area (Å²) < 4.78 is 34.1. The molecule has 0 saturated heterocycles. The highest BCUT2D eigenvalue weighted by Crippen LogP contribution is 2.19. The van der Waals surface area contributed by atoms with Crippen molar-refractivity contribution in [3.05, 3.63) is 83.1 Å². The molecule has 152 valence electrons. The highest BCUT2D eigenvalue weighted by Gasteiger charge is 2.18. The van der Waals surface area contributed by atoms with Gasteiger partial charge in [0, 0.05) is 12.7 Å². The van der Waals surface area contributed by atoms with Crippen LogP contribution in [-0.4, -0.2) is 22.2 Å². The first-order chi connectivity index (χ1) is 13.9. The maximum Gasteiger partial charge on any atom is 0.258 e. The van der Waals surface area contributed by atoms with E-state index in [9.17, 15) is 13.6 Å². The molecule has 0 atom stereocenters. The van der Waals surface area contributed by atoms with E-state index in [2.05, 4.69) is 10.4 Å². The first-order valence-electron chi connectivity index (χ1n) is 9.38. The minimum Gasteiger partial charge on any atom is -0.471 e. The van der Waals surface area contributed by atoms with Gasteiger partial charge in [0.25, 0.3) is 5.91 Å². The Morgan fingerprint density at radius 2 is 1.76 bits per heavy atom. The molecule has 1 heterocycles. The van der Waals surface area contributed by atoms with Crippen molar-refractivity contribution in [3.8, 4) is 5.88 Å². The van der Waals surface area contributed by atoms with Crippen molar-refractivity contribution in [3.63, 3.8) is 0 Å². The van der Waals surface area contributed by atoms with E-state index < -0.39 is 0 Å². The zero-order valence-electron chi connectivity index (χ0n) is 16.4. The van der Waals surface area contributed by atoms with Gasteiger partial charge in [-0.25, -0.2) is 8.78 Å². The number of nitrogens with zero attached hydrogens (tertiary/aromatic N) is 2. The van der Waals surface area contributed by atoms with E-state index in [1.54, 1.807) is 30.5 Å². The number of carbonyl (C=O) groups is 1. The molecule has 0 aliphatic heterocycles. The van der Waals surface area contributed by atoms with Gasteiger partial charge in [0.1, 0.15) is 23.8 Å². The number of hydrogen-bond acceptors (Lipinski definition) is 3. The normalized spacial score (nSPS) is 10.9. The van der Waals surface area contributed by atoms with Crippen molar-refractivity contribution in [2.45, 2.75) is 27.0 Å². The molecule has 1 amide bonds. The summed E-state index contributed by atoms with van der Waals surface area (Å²) in [6.07, 6.45) is 1.57. The second kappa shape index (κ2) is 9.32. The zero-order chi connectivity index (χ0) is 20.8. The third kappa shape index (κ3) is 5.88. The van der Waals surface area contributed by atoms with Crippen LogP contribution >= 0.6 is 0 Å². The Morgan fingerprint density at radius 3 is 2.41 bits per heavy atom. The summed E-state index contributed by atoms with van der Waals surface area (Å²) in [5.41, 5.74) is 1.61. The predicted octanol–water partition coefficient (Wildman–Crippen LogP) is 4.17. The summed E-state index contributed by atoms with van der Waals surface area (Å²) in [4.78, 5) is 12.6. The molecule has 3 rings (SSSR count). The van der Waals surface area contributed by atoms with Gasteiger partial charge in [-0.05, 0) is 41.3 Å². The van der Waals surface area contributed by atoms with E-state index in [0.717, 1.165) is 0 Å². The van der Waals surface area contributed by atoms with Crippen LogP contribution < -0.4 is 10.1 Å². The first kappa shape index (κ1) is 20.5. The summed E-state index contributed by atoms with van der Waals surface area (Å²) in [5.74, 6) is -0.576. The molecule has 0 saturated carbocycles. The van der Waals surface area contributed by atoms with Gasteiger partial charge in [0.2, 0.25) is 5.88 Å². The second-order valence-electron chi connectivity index (χ2n) is 7.20. The average Bonchev–Trinajstić information content (AvgIpc) is 3.07. The van der Waals surface area contributed by atoms with E-state index >= 15 is 0 Å². The molecule has 0 unspecified atom stereocenters. The average molecular weight is 399 g/mol. The standard InChI is InChI=1S/C22H23F2N3O2/c1-15(2)11-25-21(28)20-13-27(12-16-5-3-7-18(23)9-16)26-22(20)29-14-17-6-4-8-19(24)10-17/h3-10,13,15H,11-12,14H2,1-2H3,(H,25,28). The number of halogens is 2. The number of aromatic nitrogens is 2. The van der Waals surface area contributed by atoms with Gasteiger partial charge in [-0.15, -0.1) is 5.10 Å². The molecular weight excluding hydrogens is 376 g/mol. The molecule has 1 aromatic heterocycles. The Kier molecular flexibility index (Phi) is 6.59. The summed E-state index contributed by atoms with van der Waals surface area (Å²) >= 11 is 0. The van der Waals surface area contributed by atoms with Crippen LogP contribution in [0.1, 0.15) is 35.3 Å². The maximum absolute atomic E-state index is 13.5. The van der Waals surface area contributed by atoms with Crippen LogP contribution in [0.3, 0.4) is 0 Å². The fourth-order valence-electron chi connectivity index (χ4n) is 2.74. The number of carbonyl (C=O) groups excluding carboxylic acids is 1. The van der Waals surface area contributed by atoms with Crippen LogP contribution in [0.5, 0.6) is 5.88 Å². The number of ether oxygens (including phenoxy) is 1. The number of rotatable bonds is 8. The molecule has 0 bridgehead atoms. The van der Waals surface area contributed by atoms with Crippen molar-refractivity contribution >= 4 is 5.91 Å². The van der Waals surface area contributed by atoms with Crippen LogP contribution in [0, 0.1) is 17.6 Å². The highest BCUT2D eigenvalue weighted by molar-refractivity contribution is 5.96. The maximum atomic E-state index is 13.5. The van der Waals surface area contributed by atoms with Crippen molar-refractivity contribution in [1.29, 1.82) is 0 Å². The minimum atomic E-state index is -0.363. The molecule has 2 aromatic carbocycles. The topological polar surface area (TPSA) is 56.2 Å². The molecule has 0 aliphatic carbocycles. The lowest BCUT2D eigenvalue weighted by Crippen LogP contribution is -2.27. The summed E-state index contributed by atoms with van der Waals surface area (Å²) in [6.45, 7) is 4.85. The lowest BCUT2D eigenvalue weighted by Gasteiger charge is -2.08. The predicted molar refractivity (Wildman–Crippen MR) is 106 cm³/mol. The van der Waals surface area contributed by atoms with E-state index in [4.69, 9.17) is 4.74 Å². The van der Waals surface area contributed by atoms with Crippen molar-refractivity contribution in [1.82, 2.24) is 15.1 Å².